The second kappa shape index (κ2) is 5.01. The predicted molar refractivity (Wildman–Crippen MR) is 50.0 cm³/mol. The molecule has 11 heavy (non-hydrogen) atoms. The van der Waals surface area contributed by atoms with Gasteiger partial charge in [0.15, 0.2) is 0 Å². The maximum absolute atomic E-state index is 9.01. The zero-order chi connectivity index (χ0) is 8.10. The van der Waals surface area contributed by atoms with Crippen LogP contribution in [0.3, 0.4) is 0 Å². The number of aliphatic hydroxyl groups excluding tert-OH is 1. The van der Waals surface area contributed by atoms with Gasteiger partial charge in [-0.25, -0.2) is 0 Å². The van der Waals surface area contributed by atoms with Gasteiger partial charge in [-0.05, 0) is 25.5 Å². The van der Waals surface area contributed by atoms with Crippen LogP contribution in [0, 0.1) is 0 Å². The van der Waals surface area contributed by atoms with Crippen molar-refractivity contribution in [3.05, 3.63) is 0 Å². The average Bonchev–Trinajstić information content (AvgIpc) is 2.03. The van der Waals surface area contributed by atoms with E-state index in [0.717, 1.165) is 6.54 Å². The number of hydrogen-bond donors (Lipinski definition) is 2. The third-order valence-electron chi connectivity index (χ3n) is 1.86. The summed E-state index contributed by atoms with van der Waals surface area (Å²) in [5.74, 6) is 2.53. The molecule has 0 radical (unpaired) electrons. The van der Waals surface area contributed by atoms with E-state index in [1.807, 2.05) is 18.7 Å². The van der Waals surface area contributed by atoms with Gasteiger partial charge in [0.25, 0.3) is 0 Å². The Bertz CT molecular complexity index is 102. The van der Waals surface area contributed by atoms with Gasteiger partial charge in [-0.2, -0.15) is 11.8 Å². The summed E-state index contributed by atoms with van der Waals surface area (Å²) in [4.78, 5) is 0. The van der Waals surface area contributed by atoms with Crippen molar-refractivity contribution in [3.8, 4) is 0 Å². The molecule has 0 aromatic carbocycles. The number of nitrogens with one attached hydrogen (secondary N) is 1. The Kier molecular flexibility index (Phi) is 4.26. The van der Waals surface area contributed by atoms with Crippen LogP contribution in [0.25, 0.3) is 0 Å². The van der Waals surface area contributed by atoms with Gasteiger partial charge in [0, 0.05) is 18.3 Å². The van der Waals surface area contributed by atoms with Crippen LogP contribution in [0.15, 0.2) is 0 Å². The van der Waals surface area contributed by atoms with E-state index in [4.69, 9.17) is 5.11 Å². The summed E-state index contributed by atoms with van der Waals surface area (Å²) >= 11 is 2.01. The van der Waals surface area contributed by atoms with Gasteiger partial charge in [0.2, 0.25) is 0 Å². The number of hydrogen-bond acceptors (Lipinski definition) is 3. The van der Waals surface area contributed by atoms with E-state index in [9.17, 15) is 0 Å². The molecule has 1 rings (SSSR count). The molecule has 1 saturated heterocycles. The average molecular weight is 175 g/mol. The largest absolute Gasteiger partial charge is 0.392 e. The summed E-state index contributed by atoms with van der Waals surface area (Å²) in [5.41, 5.74) is 0. The van der Waals surface area contributed by atoms with Crippen LogP contribution in [-0.2, 0) is 0 Å². The van der Waals surface area contributed by atoms with E-state index < -0.39 is 0 Å². The van der Waals surface area contributed by atoms with Crippen molar-refractivity contribution in [3.63, 3.8) is 0 Å². The lowest BCUT2D eigenvalue weighted by Crippen LogP contribution is -2.37. The molecule has 1 heterocycles. The summed E-state index contributed by atoms with van der Waals surface area (Å²) in [7, 11) is 0. The fourth-order valence-corrected chi connectivity index (χ4v) is 2.35. The zero-order valence-electron chi connectivity index (χ0n) is 7.05. The lowest BCUT2D eigenvalue weighted by atomic mass is 10.2. The summed E-state index contributed by atoms with van der Waals surface area (Å²) in [6.45, 7) is 2.56. The van der Waals surface area contributed by atoms with E-state index in [-0.39, 0.29) is 6.10 Å². The maximum Gasteiger partial charge on any atom is 0.0636 e. The molecule has 2 atom stereocenters. The SMILES string of the molecule is C[C@H](O)CN[C@@H]1CCCSC1. The first-order valence-electron chi connectivity index (χ1n) is 4.28. The molecule has 0 saturated carbocycles. The Balaban J connectivity index is 2.05. The summed E-state index contributed by atoms with van der Waals surface area (Å²) in [6, 6.07) is 0.642. The van der Waals surface area contributed by atoms with Crippen LogP contribution >= 0.6 is 11.8 Å². The molecule has 0 aromatic rings. The lowest BCUT2D eigenvalue weighted by Gasteiger charge is -2.23. The quantitative estimate of drug-likeness (QED) is 0.667. The predicted octanol–water partition coefficient (Wildman–Crippen LogP) is 0.852. The first-order chi connectivity index (χ1) is 5.29. The van der Waals surface area contributed by atoms with Crippen molar-refractivity contribution < 1.29 is 5.11 Å². The zero-order valence-corrected chi connectivity index (χ0v) is 7.86. The van der Waals surface area contributed by atoms with Crippen LogP contribution < -0.4 is 5.32 Å². The van der Waals surface area contributed by atoms with E-state index in [1.54, 1.807) is 0 Å². The van der Waals surface area contributed by atoms with Gasteiger partial charge in [-0.15, -0.1) is 0 Å². The van der Waals surface area contributed by atoms with Crippen LogP contribution in [-0.4, -0.2) is 35.3 Å². The third kappa shape index (κ3) is 3.99. The molecule has 1 fully saturated rings. The van der Waals surface area contributed by atoms with E-state index in [0.29, 0.717) is 6.04 Å². The van der Waals surface area contributed by atoms with Crippen LogP contribution in [0.2, 0.25) is 0 Å². The Labute approximate surface area is 72.8 Å². The monoisotopic (exact) mass is 175 g/mol. The van der Waals surface area contributed by atoms with Gasteiger partial charge >= 0.3 is 0 Å². The Morgan fingerprint density at radius 2 is 2.55 bits per heavy atom. The van der Waals surface area contributed by atoms with Gasteiger partial charge in [-0.1, -0.05) is 0 Å². The molecule has 1 aliphatic rings. The van der Waals surface area contributed by atoms with Crippen LogP contribution in [0.1, 0.15) is 19.8 Å². The molecule has 0 spiro atoms. The molecule has 0 bridgehead atoms. The molecule has 0 aliphatic carbocycles. The van der Waals surface area contributed by atoms with E-state index >= 15 is 0 Å². The maximum atomic E-state index is 9.01. The Hall–Kier alpha value is 0.270. The summed E-state index contributed by atoms with van der Waals surface area (Å²) in [5, 5.41) is 12.4. The topological polar surface area (TPSA) is 32.3 Å². The van der Waals surface area contributed by atoms with Crippen molar-refractivity contribution >= 4 is 11.8 Å². The normalized spacial score (nSPS) is 28.4. The van der Waals surface area contributed by atoms with Gasteiger partial charge in [0.05, 0.1) is 6.10 Å². The minimum Gasteiger partial charge on any atom is -0.392 e. The first-order valence-corrected chi connectivity index (χ1v) is 5.43. The highest BCUT2D eigenvalue weighted by Crippen LogP contribution is 2.16. The highest BCUT2D eigenvalue weighted by Gasteiger charge is 2.12. The van der Waals surface area contributed by atoms with E-state index in [1.165, 1.54) is 24.3 Å². The Morgan fingerprint density at radius 1 is 1.73 bits per heavy atom. The number of thioether (sulfide) groups is 1. The minimum atomic E-state index is -0.207. The van der Waals surface area contributed by atoms with Crippen molar-refractivity contribution in [2.24, 2.45) is 0 Å². The highest BCUT2D eigenvalue weighted by molar-refractivity contribution is 7.99. The van der Waals surface area contributed by atoms with Gasteiger partial charge in [0.1, 0.15) is 0 Å². The van der Waals surface area contributed by atoms with Crippen LogP contribution in [0.4, 0.5) is 0 Å². The molecule has 3 heteroatoms. The second-order valence-corrected chi connectivity index (χ2v) is 4.32. The fourth-order valence-electron chi connectivity index (χ4n) is 1.24. The minimum absolute atomic E-state index is 0.207. The molecule has 2 N–H and O–H groups in total. The molecule has 0 aromatic heterocycles. The highest BCUT2D eigenvalue weighted by atomic mass is 32.2. The lowest BCUT2D eigenvalue weighted by molar-refractivity contribution is 0.186. The second-order valence-electron chi connectivity index (χ2n) is 3.17. The summed E-state index contributed by atoms with van der Waals surface area (Å²) in [6.07, 6.45) is 2.39. The fraction of sp³-hybridized carbons (Fsp3) is 1.00. The van der Waals surface area contributed by atoms with Crippen molar-refractivity contribution in [2.75, 3.05) is 18.1 Å². The van der Waals surface area contributed by atoms with Gasteiger partial charge < -0.3 is 10.4 Å². The molecular weight excluding hydrogens is 158 g/mol. The first kappa shape index (κ1) is 9.36. The third-order valence-corrected chi connectivity index (χ3v) is 3.08. The molecule has 0 amide bonds. The van der Waals surface area contributed by atoms with Crippen LogP contribution in [0.5, 0.6) is 0 Å². The number of aliphatic hydroxyl groups is 1. The molecule has 66 valence electrons. The van der Waals surface area contributed by atoms with Crippen molar-refractivity contribution in [1.82, 2.24) is 5.32 Å². The van der Waals surface area contributed by atoms with E-state index in [2.05, 4.69) is 5.32 Å². The smallest absolute Gasteiger partial charge is 0.0636 e. The summed E-state index contributed by atoms with van der Waals surface area (Å²) < 4.78 is 0. The van der Waals surface area contributed by atoms with Crippen molar-refractivity contribution in [2.45, 2.75) is 31.9 Å². The molecular formula is C8H17NOS. The molecule has 0 unspecified atom stereocenters. The van der Waals surface area contributed by atoms with Gasteiger partial charge in [-0.3, -0.25) is 0 Å². The molecule has 1 aliphatic heterocycles. The molecule has 2 nitrogen and oxygen atoms in total. The number of rotatable bonds is 3. The Morgan fingerprint density at radius 3 is 3.09 bits per heavy atom. The van der Waals surface area contributed by atoms with Crippen molar-refractivity contribution in [1.29, 1.82) is 0 Å². The standard InChI is InChI=1S/C8H17NOS/c1-7(10)5-9-8-3-2-4-11-6-8/h7-10H,2-6H2,1H3/t7-,8+/m0/s1.